The van der Waals surface area contributed by atoms with Crippen LogP contribution in [0.15, 0.2) is 84.9 Å². The maximum Gasteiger partial charge on any atom is 0.225 e. The van der Waals surface area contributed by atoms with Gasteiger partial charge in [0.1, 0.15) is 11.8 Å². The average Bonchev–Trinajstić information content (AvgIpc) is 2.74. The van der Waals surface area contributed by atoms with Gasteiger partial charge in [0.2, 0.25) is 5.91 Å². The molecule has 0 unspecified atom stereocenters. The Bertz CT molecular complexity index is 913. The van der Waals surface area contributed by atoms with Crippen LogP contribution in [0.3, 0.4) is 0 Å². The number of anilines is 1. The zero-order chi connectivity index (χ0) is 19.6. The Balaban J connectivity index is 2.05. The Morgan fingerprint density at radius 3 is 1.96 bits per heavy atom. The number of hydrogen-bond acceptors (Lipinski definition) is 2. The summed E-state index contributed by atoms with van der Waals surface area (Å²) in [4.78, 5) is 14.4. The maximum absolute atomic E-state index is 12.6. The fourth-order valence-electron chi connectivity index (χ4n) is 4.22. The second-order valence-electron chi connectivity index (χ2n) is 7.18. The normalized spacial score (nSPS) is 17.8. The summed E-state index contributed by atoms with van der Waals surface area (Å²) in [5.74, 6) is 0.000577. The molecule has 0 saturated carbocycles. The molecular formula is C25H25NO2. The third-order valence-electron chi connectivity index (χ3n) is 5.38. The van der Waals surface area contributed by atoms with E-state index in [2.05, 4.69) is 37.3 Å². The Kier molecular flexibility index (Phi) is 5.01. The number of para-hydroxylation sites is 1. The van der Waals surface area contributed by atoms with Gasteiger partial charge in [-0.2, -0.15) is 0 Å². The first-order valence-electron chi connectivity index (χ1n) is 9.86. The van der Waals surface area contributed by atoms with Crippen LogP contribution in [0.5, 0.6) is 0 Å². The molecule has 0 fully saturated rings. The maximum atomic E-state index is 12.6. The molecule has 28 heavy (non-hydrogen) atoms. The number of fused-ring (bicyclic) bond motifs is 1. The third-order valence-corrected chi connectivity index (χ3v) is 5.38. The monoisotopic (exact) mass is 371 g/mol. The van der Waals surface area contributed by atoms with Crippen LogP contribution in [0.25, 0.3) is 0 Å². The van der Waals surface area contributed by atoms with E-state index in [0.717, 1.165) is 35.2 Å². The topological polar surface area (TPSA) is 29.5 Å². The van der Waals surface area contributed by atoms with Crippen LogP contribution in [-0.4, -0.2) is 12.1 Å². The summed E-state index contributed by atoms with van der Waals surface area (Å²) in [6.07, 6.45) is 1.38. The Hall–Kier alpha value is -2.91. The number of ether oxygens (including phenoxy) is 1. The summed E-state index contributed by atoms with van der Waals surface area (Å²) in [5, 5.41) is 0. The summed E-state index contributed by atoms with van der Waals surface area (Å²) in [6.45, 7) is 3.73. The molecule has 4 rings (SSSR count). The molecule has 0 saturated heterocycles. The van der Waals surface area contributed by atoms with Crippen LogP contribution < -0.4 is 4.90 Å². The highest BCUT2D eigenvalue weighted by molar-refractivity contribution is 5.94. The van der Waals surface area contributed by atoms with E-state index in [-0.39, 0.29) is 12.1 Å². The number of amides is 1. The zero-order valence-electron chi connectivity index (χ0n) is 16.3. The van der Waals surface area contributed by atoms with Crippen LogP contribution in [0.4, 0.5) is 5.69 Å². The Morgan fingerprint density at radius 1 is 0.893 bits per heavy atom. The lowest BCUT2D eigenvalue weighted by Crippen LogP contribution is -2.52. The highest BCUT2D eigenvalue weighted by Gasteiger charge is 2.47. The number of nitrogens with zero attached hydrogens (tertiary/aromatic N) is 1. The molecule has 1 atom stereocenters. The highest BCUT2D eigenvalue weighted by Crippen LogP contribution is 2.49. The number of rotatable bonds is 4. The smallest absolute Gasteiger partial charge is 0.225 e. The van der Waals surface area contributed by atoms with E-state index in [1.54, 1.807) is 6.92 Å². The van der Waals surface area contributed by atoms with Gasteiger partial charge in [0.15, 0.2) is 0 Å². The van der Waals surface area contributed by atoms with Crippen LogP contribution in [0, 0.1) is 0 Å². The lowest BCUT2D eigenvalue weighted by Gasteiger charge is -2.48. The largest absolute Gasteiger partial charge is 0.337 e. The molecule has 0 radical (unpaired) electrons. The van der Waals surface area contributed by atoms with Crippen molar-refractivity contribution < 1.29 is 9.53 Å². The standard InChI is InChI=1S/C25H25NO2/c1-3-12-24-26(19(2)27)23-18-11-10-17-22(23)25(28-24,20-13-6-4-7-14-20)21-15-8-5-9-16-21/h4-11,13-18,24H,3,12H2,1-2H3/t24-/m0/s1. The molecule has 1 heterocycles. The molecule has 3 aromatic carbocycles. The average molecular weight is 371 g/mol. The van der Waals surface area contributed by atoms with Crippen LogP contribution >= 0.6 is 0 Å². The summed E-state index contributed by atoms with van der Waals surface area (Å²) < 4.78 is 6.89. The summed E-state index contributed by atoms with van der Waals surface area (Å²) >= 11 is 0. The van der Waals surface area contributed by atoms with E-state index in [1.165, 1.54) is 0 Å². The first-order chi connectivity index (χ1) is 13.7. The third kappa shape index (κ3) is 2.92. The minimum absolute atomic E-state index is 0.000577. The number of benzene rings is 3. The van der Waals surface area contributed by atoms with Crippen LogP contribution in [0.1, 0.15) is 43.4 Å². The number of hydrogen-bond donors (Lipinski definition) is 0. The predicted molar refractivity (Wildman–Crippen MR) is 112 cm³/mol. The van der Waals surface area contributed by atoms with Gasteiger partial charge in [-0.1, -0.05) is 92.2 Å². The lowest BCUT2D eigenvalue weighted by atomic mass is 9.78. The van der Waals surface area contributed by atoms with E-state index in [9.17, 15) is 4.79 Å². The Labute approximate surface area is 166 Å². The molecule has 142 valence electrons. The van der Waals surface area contributed by atoms with E-state index in [1.807, 2.05) is 59.5 Å². The molecule has 3 aromatic rings. The number of carbonyl (C=O) groups is 1. The van der Waals surface area contributed by atoms with Gasteiger partial charge in [0, 0.05) is 12.5 Å². The molecule has 0 aromatic heterocycles. The summed E-state index contributed by atoms with van der Waals surface area (Å²) in [6, 6.07) is 28.7. The minimum Gasteiger partial charge on any atom is -0.337 e. The second-order valence-corrected chi connectivity index (χ2v) is 7.18. The van der Waals surface area contributed by atoms with Crippen molar-refractivity contribution in [2.75, 3.05) is 4.90 Å². The van der Waals surface area contributed by atoms with Gasteiger partial charge in [0.05, 0.1) is 5.69 Å². The van der Waals surface area contributed by atoms with Crippen molar-refractivity contribution in [3.63, 3.8) is 0 Å². The Morgan fingerprint density at radius 2 is 1.43 bits per heavy atom. The van der Waals surface area contributed by atoms with Gasteiger partial charge in [-0.25, -0.2) is 0 Å². The molecular weight excluding hydrogens is 346 g/mol. The number of carbonyl (C=O) groups excluding carboxylic acids is 1. The first-order valence-corrected chi connectivity index (χ1v) is 9.86. The minimum atomic E-state index is -0.759. The molecule has 0 spiro atoms. The van der Waals surface area contributed by atoms with Crippen molar-refractivity contribution in [3.8, 4) is 0 Å². The molecule has 1 aliphatic rings. The van der Waals surface area contributed by atoms with E-state index in [4.69, 9.17) is 4.74 Å². The predicted octanol–water partition coefficient (Wildman–Crippen LogP) is 5.49. The van der Waals surface area contributed by atoms with Crippen LogP contribution in [-0.2, 0) is 15.1 Å². The zero-order valence-corrected chi connectivity index (χ0v) is 16.3. The van der Waals surface area contributed by atoms with Crippen molar-refractivity contribution in [2.24, 2.45) is 0 Å². The van der Waals surface area contributed by atoms with E-state index < -0.39 is 5.60 Å². The van der Waals surface area contributed by atoms with Crippen molar-refractivity contribution in [1.29, 1.82) is 0 Å². The quantitative estimate of drug-likeness (QED) is 0.607. The van der Waals surface area contributed by atoms with Crippen molar-refractivity contribution in [3.05, 3.63) is 102 Å². The van der Waals surface area contributed by atoms with Crippen molar-refractivity contribution in [1.82, 2.24) is 0 Å². The van der Waals surface area contributed by atoms with Crippen molar-refractivity contribution in [2.45, 2.75) is 38.5 Å². The van der Waals surface area contributed by atoms with Gasteiger partial charge in [0.25, 0.3) is 0 Å². The van der Waals surface area contributed by atoms with E-state index >= 15 is 0 Å². The van der Waals surface area contributed by atoms with Crippen LogP contribution in [0.2, 0.25) is 0 Å². The highest BCUT2D eigenvalue weighted by atomic mass is 16.5. The molecule has 1 amide bonds. The first kappa shape index (κ1) is 18.5. The van der Waals surface area contributed by atoms with Gasteiger partial charge in [-0.05, 0) is 23.6 Å². The fourth-order valence-corrected chi connectivity index (χ4v) is 4.22. The molecule has 0 N–H and O–H groups in total. The summed E-state index contributed by atoms with van der Waals surface area (Å²) in [7, 11) is 0. The molecule has 0 bridgehead atoms. The SMILES string of the molecule is CCC[C@@H]1OC(c2ccccc2)(c2ccccc2)c2ccccc2N1C(C)=O. The van der Waals surface area contributed by atoms with Gasteiger partial charge < -0.3 is 4.74 Å². The second kappa shape index (κ2) is 7.61. The van der Waals surface area contributed by atoms with Crippen molar-refractivity contribution >= 4 is 11.6 Å². The molecule has 0 aliphatic carbocycles. The van der Waals surface area contributed by atoms with Gasteiger partial charge >= 0.3 is 0 Å². The molecule has 1 aliphatic heterocycles. The van der Waals surface area contributed by atoms with Gasteiger partial charge in [-0.3, -0.25) is 9.69 Å². The lowest BCUT2D eigenvalue weighted by molar-refractivity contribution is -0.124. The van der Waals surface area contributed by atoms with Gasteiger partial charge in [-0.15, -0.1) is 0 Å². The molecule has 3 heteroatoms. The molecule has 3 nitrogen and oxygen atoms in total. The summed E-state index contributed by atoms with van der Waals surface area (Å²) in [5.41, 5.74) is 3.29. The van der Waals surface area contributed by atoms with E-state index in [0.29, 0.717) is 0 Å². The fraction of sp³-hybridized carbons (Fsp3) is 0.240.